The Morgan fingerprint density at radius 2 is 1.76 bits per heavy atom. The van der Waals surface area contributed by atoms with E-state index < -0.39 is 46.2 Å². The molecule has 37 heavy (non-hydrogen) atoms. The van der Waals surface area contributed by atoms with Gasteiger partial charge in [0.05, 0.1) is 17.5 Å². The molecule has 2 aromatic carbocycles. The van der Waals surface area contributed by atoms with E-state index in [2.05, 4.69) is 5.32 Å². The number of rotatable bonds is 9. The molecule has 202 valence electrons. The average Bonchev–Trinajstić information content (AvgIpc) is 3.32. The van der Waals surface area contributed by atoms with Crippen LogP contribution in [0.25, 0.3) is 0 Å². The summed E-state index contributed by atoms with van der Waals surface area (Å²) in [7, 11) is -4.16. The molecule has 12 heteroatoms. The van der Waals surface area contributed by atoms with Gasteiger partial charge >= 0.3 is 6.18 Å². The number of hydrogen-bond donors (Lipinski definition) is 1. The van der Waals surface area contributed by atoms with Gasteiger partial charge in [-0.15, -0.1) is 0 Å². The highest BCUT2D eigenvalue weighted by atomic mass is 35.5. The van der Waals surface area contributed by atoms with Crippen LogP contribution in [0.2, 0.25) is 5.02 Å². The Morgan fingerprint density at radius 1 is 1.11 bits per heavy atom. The molecule has 0 unspecified atom stereocenters. The smallest absolute Gasteiger partial charge is 0.352 e. The maximum Gasteiger partial charge on any atom is 0.416 e. The van der Waals surface area contributed by atoms with Crippen LogP contribution in [-0.2, 0) is 32.3 Å². The Labute approximate surface area is 219 Å². The maximum absolute atomic E-state index is 13.5. The van der Waals surface area contributed by atoms with Crippen LogP contribution >= 0.6 is 11.6 Å². The molecule has 3 rings (SSSR count). The number of carbonyl (C=O) groups is 2. The zero-order valence-corrected chi connectivity index (χ0v) is 22.0. The molecule has 1 aliphatic carbocycles. The monoisotopic (exact) mass is 559 g/mol. The molecule has 1 saturated carbocycles. The van der Waals surface area contributed by atoms with Crippen LogP contribution in [0.1, 0.15) is 43.7 Å². The van der Waals surface area contributed by atoms with Gasteiger partial charge in [-0.3, -0.25) is 13.9 Å². The first-order chi connectivity index (χ1) is 17.3. The van der Waals surface area contributed by atoms with Crippen LogP contribution in [0.5, 0.6) is 0 Å². The van der Waals surface area contributed by atoms with E-state index in [4.69, 9.17) is 11.6 Å². The van der Waals surface area contributed by atoms with Crippen molar-refractivity contribution in [3.8, 4) is 0 Å². The minimum atomic E-state index is -4.70. The average molecular weight is 560 g/mol. The van der Waals surface area contributed by atoms with Gasteiger partial charge < -0.3 is 10.2 Å². The molecule has 2 amide bonds. The Bertz CT molecular complexity index is 1230. The van der Waals surface area contributed by atoms with Gasteiger partial charge in [-0.2, -0.15) is 13.2 Å². The van der Waals surface area contributed by atoms with E-state index in [1.165, 1.54) is 17.9 Å². The normalized spacial score (nSPS) is 15.3. The molecule has 0 bridgehead atoms. The number of carbonyl (C=O) groups excluding carboxylic acids is 2. The summed E-state index contributed by atoms with van der Waals surface area (Å²) in [5, 5.41) is 3.35. The molecular formula is C25H29ClF3N3O4S. The van der Waals surface area contributed by atoms with Gasteiger partial charge in [0.1, 0.15) is 12.6 Å². The van der Waals surface area contributed by atoms with Crippen molar-refractivity contribution in [3.63, 3.8) is 0 Å². The fourth-order valence-electron chi connectivity index (χ4n) is 4.26. The molecule has 7 nitrogen and oxygen atoms in total. The lowest BCUT2D eigenvalue weighted by Crippen LogP contribution is -2.52. The van der Waals surface area contributed by atoms with Crippen LogP contribution in [0.4, 0.5) is 18.9 Å². The molecule has 0 aliphatic heterocycles. The molecule has 1 fully saturated rings. The fourth-order valence-corrected chi connectivity index (χ4v) is 5.31. The number of anilines is 1. The lowest BCUT2D eigenvalue weighted by molar-refractivity contribution is -0.139. The summed E-state index contributed by atoms with van der Waals surface area (Å²) in [6.07, 6.45) is -0.251. The van der Waals surface area contributed by atoms with Crippen LogP contribution < -0.4 is 9.62 Å². The quantitative estimate of drug-likeness (QED) is 0.486. The Balaban J connectivity index is 1.92. The van der Waals surface area contributed by atoms with Gasteiger partial charge in [0.2, 0.25) is 21.8 Å². The van der Waals surface area contributed by atoms with Crippen LogP contribution in [-0.4, -0.2) is 50.0 Å². The highest BCUT2D eigenvalue weighted by Gasteiger charge is 2.34. The van der Waals surface area contributed by atoms with Crippen molar-refractivity contribution in [2.24, 2.45) is 0 Å². The van der Waals surface area contributed by atoms with Crippen LogP contribution in [0.15, 0.2) is 48.5 Å². The molecule has 1 atom stereocenters. The highest BCUT2D eigenvalue weighted by molar-refractivity contribution is 7.92. The maximum atomic E-state index is 13.5. The summed E-state index contributed by atoms with van der Waals surface area (Å²) in [6.45, 7) is 0.683. The van der Waals surface area contributed by atoms with Crippen molar-refractivity contribution in [2.75, 3.05) is 17.1 Å². The number of nitrogens with zero attached hydrogens (tertiary/aromatic N) is 2. The summed E-state index contributed by atoms with van der Waals surface area (Å²) in [6, 6.07) is 9.40. The van der Waals surface area contributed by atoms with E-state index in [1.807, 2.05) is 0 Å². The second-order valence-electron chi connectivity index (χ2n) is 9.14. The van der Waals surface area contributed by atoms with E-state index in [-0.39, 0.29) is 18.3 Å². The Morgan fingerprint density at radius 3 is 2.35 bits per heavy atom. The molecule has 1 N–H and O–H groups in total. The van der Waals surface area contributed by atoms with Gasteiger partial charge in [-0.25, -0.2) is 8.42 Å². The van der Waals surface area contributed by atoms with Crippen molar-refractivity contribution in [1.82, 2.24) is 10.2 Å². The molecule has 0 aromatic heterocycles. The van der Waals surface area contributed by atoms with E-state index in [0.717, 1.165) is 44.1 Å². The topological polar surface area (TPSA) is 86.8 Å². The number of sulfonamides is 1. The molecule has 0 spiro atoms. The molecule has 1 aliphatic rings. The molecule has 0 radical (unpaired) electrons. The van der Waals surface area contributed by atoms with Crippen molar-refractivity contribution in [1.29, 1.82) is 0 Å². The third-order valence-electron chi connectivity index (χ3n) is 6.25. The SMILES string of the molecule is C[C@@H](C(=O)NC1CCCC1)N(Cc1cccc(Cl)c1)C(=O)CN(c1cccc(C(F)(F)F)c1)S(C)(=O)=O. The Kier molecular flexibility index (Phi) is 9.12. The molecule has 0 saturated heterocycles. The van der Waals surface area contributed by atoms with Crippen molar-refractivity contribution < 1.29 is 31.2 Å². The van der Waals surface area contributed by atoms with E-state index in [1.54, 1.807) is 24.3 Å². The minimum Gasteiger partial charge on any atom is -0.352 e. The zero-order chi connectivity index (χ0) is 27.4. The molecule has 0 heterocycles. The van der Waals surface area contributed by atoms with Crippen molar-refractivity contribution >= 4 is 39.1 Å². The summed E-state index contributed by atoms with van der Waals surface area (Å²) in [5.41, 5.74) is -0.756. The second kappa shape index (κ2) is 11.7. The summed E-state index contributed by atoms with van der Waals surface area (Å²) in [4.78, 5) is 27.7. The Hall–Kier alpha value is -2.79. The van der Waals surface area contributed by atoms with Gasteiger partial charge in [0.25, 0.3) is 0 Å². The third kappa shape index (κ3) is 7.85. The first-order valence-electron chi connectivity index (χ1n) is 11.7. The zero-order valence-electron chi connectivity index (χ0n) is 20.5. The van der Waals surface area contributed by atoms with Gasteiger partial charge in [0.15, 0.2) is 0 Å². The van der Waals surface area contributed by atoms with Crippen LogP contribution in [0.3, 0.4) is 0 Å². The number of nitrogens with one attached hydrogen (secondary N) is 1. The number of amides is 2. The number of halogens is 4. The molecular weight excluding hydrogens is 531 g/mol. The minimum absolute atomic E-state index is 0.00398. The first-order valence-corrected chi connectivity index (χ1v) is 14.0. The molecule has 2 aromatic rings. The van der Waals surface area contributed by atoms with E-state index in [9.17, 15) is 31.2 Å². The highest BCUT2D eigenvalue weighted by Crippen LogP contribution is 2.32. The first kappa shape index (κ1) is 28.8. The lowest BCUT2D eigenvalue weighted by Gasteiger charge is -2.32. The second-order valence-corrected chi connectivity index (χ2v) is 11.5. The summed E-state index contributed by atoms with van der Waals surface area (Å²) >= 11 is 6.08. The van der Waals surface area contributed by atoms with Gasteiger partial charge in [0, 0.05) is 17.6 Å². The summed E-state index contributed by atoms with van der Waals surface area (Å²) in [5.74, 6) is -1.15. The van der Waals surface area contributed by atoms with Gasteiger partial charge in [-0.05, 0) is 55.7 Å². The van der Waals surface area contributed by atoms with Crippen LogP contribution in [0, 0.1) is 0 Å². The predicted molar refractivity (Wildman–Crippen MR) is 135 cm³/mol. The van der Waals surface area contributed by atoms with Gasteiger partial charge in [-0.1, -0.05) is 42.6 Å². The number of hydrogen-bond acceptors (Lipinski definition) is 4. The van der Waals surface area contributed by atoms with E-state index >= 15 is 0 Å². The summed E-state index contributed by atoms with van der Waals surface area (Å²) < 4.78 is 65.5. The van der Waals surface area contributed by atoms with Crippen molar-refractivity contribution in [2.45, 2.75) is 57.4 Å². The largest absolute Gasteiger partial charge is 0.416 e. The lowest BCUT2D eigenvalue weighted by atomic mass is 10.1. The van der Waals surface area contributed by atoms with Crippen molar-refractivity contribution in [3.05, 3.63) is 64.7 Å². The number of benzene rings is 2. The van der Waals surface area contributed by atoms with E-state index in [0.29, 0.717) is 21.0 Å². The third-order valence-corrected chi connectivity index (χ3v) is 7.63. The standard InChI is InChI=1S/C25H29ClF3N3O4S/c1-17(24(34)30-21-10-3-4-11-21)31(15-18-7-5-9-20(26)13-18)23(33)16-32(37(2,35)36)22-12-6-8-19(14-22)25(27,28)29/h5-9,12-14,17,21H,3-4,10-11,15-16H2,1-2H3,(H,30,34)/t17-/m0/s1. The predicted octanol–water partition coefficient (Wildman–Crippen LogP) is 4.60. The number of alkyl halides is 3. The fraction of sp³-hybridized carbons (Fsp3) is 0.440.